The first-order valence-electron chi connectivity index (χ1n) is 7.06. The molecule has 5 heteroatoms. The van der Waals surface area contributed by atoms with Crippen molar-refractivity contribution in [2.24, 2.45) is 0 Å². The molecule has 1 heterocycles. The molecule has 20 heavy (non-hydrogen) atoms. The summed E-state index contributed by atoms with van der Waals surface area (Å²) in [5.41, 5.74) is 0.599. The van der Waals surface area contributed by atoms with Gasteiger partial charge in [0.25, 0.3) is 5.91 Å². The molecule has 3 nitrogen and oxygen atoms in total. The number of hydrogen-bond acceptors (Lipinski definition) is 2. The van der Waals surface area contributed by atoms with Crippen LogP contribution in [0.15, 0.2) is 18.2 Å². The van der Waals surface area contributed by atoms with Crippen molar-refractivity contribution in [3.63, 3.8) is 0 Å². The van der Waals surface area contributed by atoms with Crippen LogP contribution in [0.5, 0.6) is 0 Å². The molecule has 2 atom stereocenters. The summed E-state index contributed by atoms with van der Waals surface area (Å²) in [5, 5.41) is 3.47. The minimum atomic E-state index is -0.301. The lowest BCUT2D eigenvalue weighted by Crippen LogP contribution is -2.58. The zero-order chi connectivity index (χ0) is 14.7. The molecule has 0 aromatic heterocycles. The maximum atomic E-state index is 13.2. The van der Waals surface area contributed by atoms with E-state index >= 15 is 0 Å². The predicted octanol–water partition coefficient (Wildman–Crippen LogP) is 3.03. The minimum Gasteiger partial charge on any atom is -0.333 e. The van der Waals surface area contributed by atoms with E-state index < -0.39 is 0 Å². The Morgan fingerprint density at radius 3 is 2.80 bits per heavy atom. The van der Waals surface area contributed by atoms with Gasteiger partial charge in [-0.2, -0.15) is 0 Å². The summed E-state index contributed by atoms with van der Waals surface area (Å²) >= 11 is 2.03. The number of amides is 1. The lowest BCUT2D eigenvalue weighted by molar-refractivity contribution is 0.0575. The zero-order valence-electron chi connectivity index (χ0n) is 11.8. The summed E-state index contributed by atoms with van der Waals surface area (Å²) in [6.45, 7) is 5.77. The van der Waals surface area contributed by atoms with Gasteiger partial charge in [0.05, 0.1) is 5.56 Å². The van der Waals surface area contributed by atoms with E-state index in [4.69, 9.17) is 0 Å². The third kappa shape index (κ3) is 3.31. The van der Waals surface area contributed by atoms with E-state index in [9.17, 15) is 9.18 Å². The first kappa shape index (κ1) is 15.7. The Kier molecular flexibility index (Phi) is 5.37. The minimum absolute atomic E-state index is 0.0150. The van der Waals surface area contributed by atoms with Crippen LogP contribution in [0.4, 0.5) is 4.39 Å². The number of carbonyl (C=O) groups excluding carboxylic acids is 1. The predicted molar refractivity (Wildman–Crippen MR) is 86.3 cm³/mol. The van der Waals surface area contributed by atoms with Crippen molar-refractivity contribution < 1.29 is 9.18 Å². The molecule has 1 fully saturated rings. The molecule has 0 bridgehead atoms. The van der Waals surface area contributed by atoms with Crippen molar-refractivity contribution >= 4 is 28.5 Å². The molecule has 1 saturated heterocycles. The van der Waals surface area contributed by atoms with Gasteiger partial charge < -0.3 is 10.2 Å². The molecule has 0 radical (unpaired) electrons. The number of hydrogen-bond donors (Lipinski definition) is 1. The number of benzene rings is 1. The average Bonchev–Trinajstić information content (AvgIpc) is 2.46. The van der Waals surface area contributed by atoms with Crippen molar-refractivity contribution in [2.75, 3.05) is 13.1 Å². The van der Waals surface area contributed by atoms with Crippen molar-refractivity contribution in [2.45, 2.75) is 38.8 Å². The lowest BCUT2D eigenvalue weighted by Gasteiger charge is -2.40. The van der Waals surface area contributed by atoms with Gasteiger partial charge in [-0.3, -0.25) is 4.79 Å². The van der Waals surface area contributed by atoms with Crippen LogP contribution in [0.1, 0.15) is 37.0 Å². The smallest absolute Gasteiger partial charge is 0.255 e. The Balaban J connectivity index is 2.24. The zero-order valence-corrected chi connectivity index (χ0v) is 14.0. The van der Waals surface area contributed by atoms with Gasteiger partial charge >= 0.3 is 0 Å². The van der Waals surface area contributed by atoms with E-state index in [-0.39, 0.29) is 17.8 Å². The number of nitrogens with zero attached hydrogens (tertiary/aromatic N) is 1. The molecule has 0 aliphatic carbocycles. The van der Waals surface area contributed by atoms with Crippen LogP contribution in [0.3, 0.4) is 0 Å². The Labute approximate surface area is 133 Å². The van der Waals surface area contributed by atoms with Crippen LogP contribution in [0.2, 0.25) is 0 Å². The normalized spacial score (nSPS) is 22.9. The van der Waals surface area contributed by atoms with Gasteiger partial charge in [-0.25, -0.2) is 4.39 Å². The molecule has 1 aromatic carbocycles. The molecule has 2 unspecified atom stereocenters. The van der Waals surface area contributed by atoms with Crippen LogP contribution in [0, 0.1) is 9.39 Å². The van der Waals surface area contributed by atoms with Gasteiger partial charge in [-0.15, -0.1) is 0 Å². The largest absolute Gasteiger partial charge is 0.333 e. The Morgan fingerprint density at radius 2 is 2.20 bits per heavy atom. The fourth-order valence-corrected chi connectivity index (χ4v) is 3.28. The summed E-state index contributed by atoms with van der Waals surface area (Å²) < 4.78 is 13.8. The molecule has 0 spiro atoms. The van der Waals surface area contributed by atoms with Crippen LogP contribution >= 0.6 is 22.6 Å². The van der Waals surface area contributed by atoms with Crippen molar-refractivity contribution in [3.8, 4) is 0 Å². The third-order valence-corrected chi connectivity index (χ3v) is 4.78. The topological polar surface area (TPSA) is 32.3 Å². The highest BCUT2D eigenvalue weighted by molar-refractivity contribution is 14.1. The maximum Gasteiger partial charge on any atom is 0.255 e. The summed E-state index contributed by atoms with van der Waals surface area (Å²) in [4.78, 5) is 14.7. The molecule has 1 amide bonds. The van der Waals surface area contributed by atoms with Crippen LogP contribution in [-0.4, -0.2) is 36.0 Å². The fourth-order valence-electron chi connectivity index (χ4n) is 2.57. The molecule has 1 aliphatic rings. The van der Waals surface area contributed by atoms with E-state index in [2.05, 4.69) is 19.2 Å². The SMILES string of the molecule is CCC1CN(C(=O)c2ccc(F)cc2I)C(CC)CN1. The second-order valence-electron chi connectivity index (χ2n) is 5.16. The Morgan fingerprint density at radius 1 is 1.45 bits per heavy atom. The van der Waals surface area contributed by atoms with Crippen molar-refractivity contribution in [1.82, 2.24) is 10.2 Å². The van der Waals surface area contributed by atoms with Crippen LogP contribution < -0.4 is 5.32 Å². The highest BCUT2D eigenvalue weighted by Crippen LogP contribution is 2.20. The van der Waals surface area contributed by atoms with Crippen molar-refractivity contribution in [1.29, 1.82) is 0 Å². The molecule has 110 valence electrons. The first-order valence-corrected chi connectivity index (χ1v) is 8.14. The van der Waals surface area contributed by atoms with Gasteiger partial charge in [0.2, 0.25) is 0 Å². The van der Waals surface area contributed by atoms with Crippen LogP contribution in [0.25, 0.3) is 0 Å². The summed E-state index contributed by atoms with van der Waals surface area (Å²) in [7, 11) is 0. The summed E-state index contributed by atoms with van der Waals surface area (Å²) in [6, 6.07) is 4.92. The van der Waals surface area contributed by atoms with Gasteiger partial charge in [0.1, 0.15) is 5.82 Å². The second kappa shape index (κ2) is 6.85. The highest BCUT2D eigenvalue weighted by atomic mass is 127. The first-order chi connectivity index (χ1) is 9.56. The van der Waals surface area contributed by atoms with E-state index in [1.807, 2.05) is 27.5 Å². The Hall–Kier alpha value is -0.690. The quantitative estimate of drug-likeness (QED) is 0.805. The average molecular weight is 390 g/mol. The van der Waals surface area contributed by atoms with E-state index in [0.717, 1.165) is 25.9 Å². The third-order valence-electron chi connectivity index (χ3n) is 3.89. The maximum absolute atomic E-state index is 13.2. The van der Waals surface area contributed by atoms with E-state index in [1.165, 1.54) is 12.1 Å². The standard InChI is InChI=1S/C15H20FIN2O/c1-3-11-9-19(12(4-2)8-18-11)15(20)13-6-5-10(16)7-14(13)17/h5-7,11-12,18H,3-4,8-9H2,1-2H3. The number of halogens is 2. The number of piperazine rings is 1. The van der Waals surface area contributed by atoms with E-state index in [0.29, 0.717) is 15.2 Å². The molecule has 2 rings (SSSR count). The highest BCUT2D eigenvalue weighted by Gasteiger charge is 2.30. The number of nitrogens with one attached hydrogen (secondary N) is 1. The molecule has 1 N–H and O–H groups in total. The number of carbonyl (C=O) groups is 1. The van der Waals surface area contributed by atoms with Gasteiger partial charge in [-0.05, 0) is 53.6 Å². The number of rotatable bonds is 3. The Bertz CT molecular complexity index is 495. The summed E-state index contributed by atoms with van der Waals surface area (Å²) in [6.07, 6.45) is 1.92. The molecule has 0 saturated carbocycles. The monoisotopic (exact) mass is 390 g/mol. The molecular formula is C15H20FIN2O. The molecule has 1 aromatic rings. The fraction of sp³-hybridized carbons (Fsp3) is 0.533. The van der Waals surface area contributed by atoms with Crippen LogP contribution in [-0.2, 0) is 0 Å². The van der Waals surface area contributed by atoms with E-state index in [1.54, 1.807) is 6.07 Å². The molecular weight excluding hydrogens is 370 g/mol. The molecule has 1 aliphatic heterocycles. The van der Waals surface area contributed by atoms with Gasteiger partial charge in [0.15, 0.2) is 0 Å². The van der Waals surface area contributed by atoms with Gasteiger partial charge in [0, 0.05) is 28.7 Å². The second-order valence-corrected chi connectivity index (χ2v) is 6.32. The summed E-state index contributed by atoms with van der Waals surface area (Å²) in [5.74, 6) is -0.286. The lowest BCUT2D eigenvalue weighted by atomic mass is 10.0. The van der Waals surface area contributed by atoms with Gasteiger partial charge in [-0.1, -0.05) is 13.8 Å². The van der Waals surface area contributed by atoms with Crippen molar-refractivity contribution in [3.05, 3.63) is 33.1 Å².